The first kappa shape index (κ1) is 16.1. The van der Waals surface area contributed by atoms with Crippen LogP contribution in [-0.4, -0.2) is 53.8 Å². The number of thioether (sulfide) groups is 1. The summed E-state index contributed by atoms with van der Waals surface area (Å²) in [7, 11) is 0. The largest absolute Gasteiger partial charge is 0.370 e. The second kappa shape index (κ2) is 6.77. The topological polar surface area (TPSA) is 38.5 Å². The number of rotatable bonds is 4. The number of hydrogen-bond donors (Lipinski definition) is 1. The third-order valence-corrected chi connectivity index (χ3v) is 7.58. The van der Waals surface area contributed by atoms with Gasteiger partial charge >= 0.3 is 0 Å². The fourth-order valence-electron chi connectivity index (χ4n) is 4.51. The van der Waals surface area contributed by atoms with Crippen LogP contribution in [0.4, 0.5) is 0 Å². The van der Waals surface area contributed by atoms with E-state index in [1.807, 2.05) is 11.8 Å². The van der Waals surface area contributed by atoms with Gasteiger partial charge in [-0.3, -0.25) is 0 Å². The van der Waals surface area contributed by atoms with Crippen molar-refractivity contribution < 1.29 is 4.74 Å². The van der Waals surface area contributed by atoms with Gasteiger partial charge in [0, 0.05) is 17.8 Å². The summed E-state index contributed by atoms with van der Waals surface area (Å²) in [5.74, 6) is 0. The number of ether oxygens (including phenoxy) is 1. The predicted molar refractivity (Wildman–Crippen MR) is 90.9 cm³/mol. The van der Waals surface area contributed by atoms with E-state index in [2.05, 4.69) is 11.2 Å². The van der Waals surface area contributed by atoms with Gasteiger partial charge in [-0.15, -0.1) is 0 Å². The van der Waals surface area contributed by atoms with Crippen molar-refractivity contribution in [2.75, 3.05) is 32.4 Å². The highest BCUT2D eigenvalue weighted by Gasteiger charge is 2.42. The first-order valence-electron chi connectivity index (χ1n) is 8.85. The number of likely N-dealkylation sites (tertiary alicyclic amines) is 1. The minimum atomic E-state index is 0.277. The molecule has 0 aromatic heterocycles. The van der Waals surface area contributed by atoms with Crippen LogP contribution >= 0.6 is 11.8 Å². The van der Waals surface area contributed by atoms with Crippen molar-refractivity contribution in [1.82, 2.24) is 4.90 Å². The molecule has 1 atom stereocenters. The van der Waals surface area contributed by atoms with Crippen molar-refractivity contribution >= 4 is 11.8 Å². The fraction of sp³-hybridized carbons (Fsp3) is 1.00. The molecule has 3 nitrogen and oxygen atoms in total. The van der Waals surface area contributed by atoms with Gasteiger partial charge in [-0.1, -0.05) is 19.3 Å². The molecular formula is C17H32N2OS. The van der Waals surface area contributed by atoms with Crippen LogP contribution in [0.2, 0.25) is 0 Å². The molecule has 2 saturated heterocycles. The van der Waals surface area contributed by atoms with Gasteiger partial charge in [0.15, 0.2) is 0 Å². The summed E-state index contributed by atoms with van der Waals surface area (Å²) in [5.41, 5.74) is 6.26. The lowest BCUT2D eigenvalue weighted by Crippen LogP contribution is -2.48. The summed E-state index contributed by atoms with van der Waals surface area (Å²) in [4.78, 5) is 2.62. The van der Waals surface area contributed by atoms with Gasteiger partial charge in [-0.2, -0.15) is 11.8 Å². The fourth-order valence-corrected chi connectivity index (χ4v) is 5.27. The van der Waals surface area contributed by atoms with E-state index >= 15 is 0 Å². The molecule has 1 aliphatic carbocycles. The van der Waals surface area contributed by atoms with Crippen LogP contribution in [0.3, 0.4) is 0 Å². The average Bonchev–Trinajstić information content (AvgIpc) is 2.91. The zero-order valence-electron chi connectivity index (χ0n) is 13.6. The molecule has 21 heavy (non-hydrogen) atoms. The Morgan fingerprint density at radius 2 is 1.81 bits per heavy atom. The van der Waals surface area contributed by atoms with Crippen molar-refractivity contribution in [2.45, 2.75) is 74.2 Å². The van der Waals surface area contributed by atoms with Gasteiger partial charge in [-0.25, -0.2) is 0 Å². The van der Waals surface area contributed by atoms with Crippen LogP contribution in [0.15, 0.2) is 0 Å². The lowest BCUT2D eigenvalue weighted by atomic mass is 9.83. The average molecular weight is 313 g/mol. The van der Waals surface area contributed by atoms with Crippen LogP contribution in [0, 0.1) is 0 Å². The molecule has 3 fully saturated rings. The Bertz CT molecular complexity index is 330. The van der Waals surface area contributed by atoms with Gasteiger partial charge in [-0.05, 0) is 57.9 Å². The third-order valence-electron chi connectivity index (χ3n) is 6.14. The summed E-state index contributed by atoms with van der Waals surface area (Å²) < 4.78 is 6.87. The minimum absolute atomic E-state index is 0.277. The van der Waals surface area contributed by atoms with Crippen LogP contribution < -0.4 is 5.73 Å². The lowest BCUT2D eigenvalue weighted by molar-refractivity contribution is -0.0732. The lowest BCUT2D eigenvalue weighted by Gasteiger charge is -2.41. The smallest absolute Gasteiger partial charge is 0.0710 e. The molecule has 0 amide bonds. The predicted octanol–water partition coefficient (Wildman–Crippen LogP) is 3.02. The molecule has 0 radical (unpaired) electrons. The van der Waals surface area contributed by atoms with Crippen LogP contribution in [0.25, 0.3) is 0 Å². The molecule has 0 aromatic rings. The molecule has 2 N–H and O–H groups in total. The van der Waals surface area contributed by atoms with E-state index in [0.29, 0.717) is 10.9 Å². The van der Waals surface area contributed by atoms with Crippen LogP contribution in [-0.2, 0) is 4.74 Å². The van der Waals surface area contributed by atoms with Crippen molar-refractivity contribution in [2.24, 2.45) is 5.73 Å². The van der Waals surface area contributed by atoms with E-state index in [0.717, 1.165) is 13.1 Å². The van der Waals surface area contributed by atoms with Gasteiger partial charge in [0.25, 0.3) is 0 Å². The number of nitrogens with zero attached hydrogens (tertiary/aromatic N) is 1. The van der Waals surface area contributed by atoms with Crippen molar-refractivity contribution in [3.8, 4) is 0 Å². The Hall–Kier alpha value is 0.230. The van der Waals surface area contributed by atoms with Crippen LogP contribution in [0.5, 0.6) is 0 Å². The monoisotopic (exact) mass is 312 g/mol. The number of nitrogens with two attached hydrogens (primary N) is 1. The van der Waals surface area contributed by atoms with Gasteiger partial charge < -0.3 is 15.4 Å². The molecule has 2 heterocycles. The normalized spacial score (nSPS) is 32.6. The Balaban J connectivity index is 1.46. The molecule has 1 unspecified atom stereocenters. The maximum absolute atomic E-state index is 6.53. The highest BCUT2D eigenvalue weighted by Crippen LogP contribution is 2.42. The Labute approximate surface area is 134 Å². The molecule has 1 saturated carbocycles. The van der Waals surface area contributed by atoms with Gasteiger partial charge in [0.2, 0.25) is 0 Å². The number of hydrogen-bond acceptors (Lipinski definition) is 4. The summed E-state index contributed by atoms with van der Waals surface area (Å²) in [6, 6.07) is 0. The minimum Gasteiger partial charge on any atom is -0.370 e. The maximum Gasteiger partial charge on any atom is 0.0710 e. The standard InChI is InChI=1S/C17H32N2OS/c1-21-17(14-18)9-11-19(12-10-17)13-15-5-8-16(20-15)6-3-2-4-7-16/h15H,2-14,18H2,1H3. The first-order valence-corrected chi connectivity index (χ1v) is 10.1. The molecule has 2 aliphatic heterocycles. The Kier molecular flexibility index (Phi) is 5.19. The first-order chi connectivity index (χ1) is 10.2. The maximum atomic E-state index is 6.53. The Morgan fingerprint density at radius 1 is 1.10 bits per heavy atom. The van der Waals surface area contributed by atoms with Crippen molar-refractivity contribution in [1.29, 1.82) is 0 Å². The second-order valence-electron chi connectivity index (χ2n) is 7.41. The molecule has 1 spiro atoms. The molecular weight excluding hydrogens is 280 g/mol. The van der Waals surface area contributed by atoms with E-state index < -0.39 is 0 Å². The van der Waals surface area contributed by atoms with Crippen LogP contribution in [0.1, 0.15) is 57.8 Å². The van der Waals surface area contributed by atoms with E-state index in [1.165, 1.54) is 70.9 Å². The number of piperidine rings is 1. The summed E-state index contributed by atoms with van der Waals surface area (Å²) >= 11 is 1.97. The second-order valence-corrected chi connectivity index (χ2v) is 8.69. The van der Waals surface area contributed by atoms with E-state index in [4.69, 9.17) is 10.5 Å². The van der Waals surface area contributed by atoms with Gasteiger partial charge in [0.1, 0.15) is 0 Å². The van der Waals surface area contributed by atoms with Gasteiger partial charge in [0.05, 0.1) is 11.7 Å². The molecule has 122 valence electrons. The van der Waals surface area contributed by atoms with E-state index in [-0.39, 0.29) is 5.60 Å². The highest BCUT2D eigenvalue weighted by atomic mass is 32.2. The molecule has 0 bridgehead atoms. The summed E-state index contributed by atoms with van der Waals surface area (Å²) in [5, 5.41) is 0. The molecule has 0 aromatic carbocycles. The van der Waals surface area contributed by atoms with Crippen molar-refractivity contribution in [3.05, 3.63) is 0 Å². The van der Waals surface area contributed by atoms with E-state index in [9.17, 15) is 0 Å². The highest BCUT2D eigenvalue weighted by molar-refractivity contribution is 8.00. The zero-order valence-corrected chi connectivity index (χ0v) is 14.4. The van der Waals surface area contributed by atoms with E-state index in [1.54, 1.807) is 0 Å². The Morgan fingerprint density at radius 3 is 2.43 bits per heavy atom. The molecule has 3 aliphatic rings. The third kappa shape index (κ3) is 3.60. The molecule has 3 rings (SSSR count). The quantitative estimate of drug-likeness (QED) is 0.866. The molecule has 4 heteroatoms. The SMILES string of the molecule is CSC1(CN)CCN(CC2CCC3(CCCCC3)O2)CC1. The zero-order chi connectivity index (χ0) is 14.8. The summed E-state index contributed by atoms with van der Waals surface area (Å²) in [6.45, 7) is 4.37. The van der Waals surface area contributed by atoms with Crippen molar-refractivity contribution in [3.63, 3.8) is 0 Å². The summed E-state index contributed by atoms with van der Waals surface area (Å²) in [6.07, 6.45) is 14.6.